The van der Waals surface area contributed by atoms with Gasteiger partial charge in [-0.15, -0.1) is 0 Å². The molecule has 4 nitrogen and oxygen atoms in total. The van der Waals surface area contributed by atoms with Crippen molar-refractivity contribution in [3.05, 3.63) is 17.0 Å². The highest BCUT2D eigenvalue weighted by Gasteiger charge is 2.01. The Labute approximate surface area is 101 Å². The molecule has 0 spiro atoms. The molecular weight excluding hydrogens is 226 g/mol. The topological polar surface area (TPSA) is 58.0 Å². The Hall–Kier alpha value is -0.870. The van der Waals surface area contributed by atoms with Gasteiger partial charge in [-0.1, -0.05) is 18.5 Å². The molecule has 1 heterocycles. The summed E-state index contributed by atoms with van der Waals surface area (Å²) in [5.74, 6) is 1.54. The zero-order valence-corrected chi connectivity index (χ0v) is 10.3. The number of aliphatic hydroxyl groups excluding tert-OH is 1. The van der Waals surface area contributed by atoms with Gasteiger partial charge in [0.05, 0.1) is 0 Å². The van der Waals surface area contributed by atoms with Crippen LogP contribution >= 0.6 is 11.6 Å². The molecule has 90 valence electrons. The Morgan fingerprint density at radius 1 is 1.38 bits per heavy atom. The lowest BCUT2D eigenvalue weighted by Gasteiger charge is -2.07. The molecule has 0 fully saturated rings. The van der Waals surface area contributed by atoms with Gasteiger partial charge in [0.15, 0.2) is 0 Å². The fourth-order valence-electron chi connectivity index (χ4n) is 1.34. The van der Waals surface area contributed by atoms with Gasteiger partial charge in [-0.25, -0.2) is 9.97 Å². The predicted molar refractivity (Wildman–Crippen MR) is 65.8 cm³/mol. The third kappa shape index (κ3) is 4.77. The number of aliphatic hydroxyl groups is 1. The molecule has 0 aromatic carbocycles. The van der Waals surface area contributed by atoms with Gasteiger partial charge in [0, 0.05) is 25.6 Å². The summed E-state index contributed by atoms with van der Waals surface area (Å²) in [6.07, 6.45) is 3.56. The van der Waals surface area contributed by atoms with E-state index in [4.69, 9.17) is 16.7 Å². The Bertz CT molecular complexity index is 320. The number of nitrogens with zero attached hydrogens (tertiary/aromatic N) is 2. The summed E-state index contributed by atoms with van der Waals surface area (Å²) in [4.78, 5) is 8.49. The van der Waals surface area contributed by atoms with E-state index in [1.807, 2.05) is 0 Å². The Morgan fingerprint density at radius 2 is 2.19 bits per heavy atom. The van der Waals surface area contributed by atoms with Gasteiger partial charge in [0.1, 0.15) is 16.8 Å². The molecule has 0 bridgehead atoms. The minimum atomic E-state index is 0.229. The van der Waals surface area contributed by atoms with Crippen molar-refractivity contribution in [3.8, 4) is 0 Å². The molecule has 0 aliphatic carbocycles. The second kappa shape index (κ2) is 7.41. The summed E-state index contributed by atoms with van der Waals surface area (Å²) in [6, 6.07) is 1.72. The van der Waals surface area contributed by atoms with E-state index in [0.29, 0.717) is 5.15 Å². The zero-order chi connectivity index (χ0) is 11.8. The maximum atomic E-state index is 8.65. The summed E-state index contributed by atoms with van der Waals surface area (Å²) in [6.45, 7) is 3.10. The molecule has 0 aliphatic rings. The van der Waals surface area contributed by atoms with Crippen LogP contribution in [-0.4, -0.2) is 28.2 Å². The zero-order valence-electron chi connectivity index (χ0n) is 9.54. The molecular formula is C11H18ClN3O. The maximum absolute atomic E-state index is 8.65. The highest BCUT2D eigenvalue weighted by molar-refractivity contribution is 6.29. The van der Waals surface area contributed by atoms with Gasteiger partial charge in [-0.2, -0.15) is 0 Å². The van der Waals surface area contributed by atoms with E-state index in [2.05, 4.69) is 22.2 Å². The van der Waals surface area contributed by atoms with Crippen molar-refractivity contribution in [2.75, 3.05) is 18.5 Å². The first kappa shape index (κ1) is 13.2. The van der Waals surface area contributed by atoms with Gasteiger partial charge in [0.2, 0.25) is 0 Å². The minimum Gasteiger partial charge on any atom is -0.396 e. The summed E-state index contributed by atoms with van der Waals surface area (Å²) in [5, 5.41) is 12.3. The molecule has 0 amide bonds. The monoisotopic (exact) mass is 243 g/mol. The van der Waals surface area contributed by atoms with Crippen molar-refractivity contribution in [2.45, 2.75) is 32.6 Å². The quantitative estimate of drug-likeness (QED) is 0.570. The molecule has 16 heavy (non-hydrogen) atoms. The van der Waals surface area contributed by atoms with Crippen LogP contribution in [0, 0.1) is 0 Å². The maximum Gasteiger partial charge on any atom is 0.134 e. The molecule has 0 aliphatic heterocycles. The van der Waals surface area contributed by atoms with Crippen LogP contribution in [0.5, 0.6) is 0 Å². The van der Waals surface area contributed by atoms with Gasteiger partial charge in [0.25, 0.3) is 0 Å². The average Bonchev–Trinajstić information content (AvgIpc) is 2.24. The molecule has 1 aromatic heterocycles. The number of hydrogen-bond donors (Lipinski definition) is 2. The first-order chi connectivity index (χ1) is 7.76. The SMILES string of the molecule is CCCc1nc(Cl)cc(NCCCCO)n1. The lowest BCUT2D eigenvalue weighted by molar-refractivity contribution is 0.286. The molecule has 0 saturated heterocycles. The number of hydrogen-bond acceptors (Lipinski definition) is 4. The lowest BCUT2D eigenvalue weighted by atomic mass is 10.3. The van der Waals surface area contributed by atoms with Crippen LogP contribution in [0.15, 0.2) is 6.07 Å². The second-order valence-electron chi connectivity index (χ2n) is 3.60. The van der Waals surface area contributed by atoms with E-state index in [-0.39, 0.29) is 6.61 Å². The van der Waals surface area contributed by atoms with Crippen molar-refractivity contribution >= 4 is 17.4 Å². The number of nitrogens with one attached hydrogen (secondary N) is 1. The van der Waals surface area contributed by atoms with Crippen LogP contribution in [0.3, 0.4) is 0 Å². The largest absolute Gasteiger partial charge is 0.396 e. The number of halogens is 1. The van der Waals surface area contributed by atoms with E-state index in [9.17, 15) is 0 Å². The number of anilines is 1. The molecule has 0 unspecified atom stereocenters. The third-order valence-electron chi connectivity index (χ3n) is 2.11. The third-order valence-corrected chi connectivity index (χ3v) is 2.30. The second-order valence-corrected chi connectivity index (χ2v) is 3.99. The first-order valence-corrected chi connectivity index (χ1v) is 6.02. The van der Waals surface area contributed by atoms with Crippen molar-refractivity contribution < 1.29 is 5.11 Å². The summed E-state index contributed by atoms with van der Waals surface area (Å²) in [7, 11) is 0. The normalized spacial score (nSPS) is 10.4. The standard InChI is InChI=1S/C11H18ClN3O/c1-2-5-10-14-9(12)8-11(15-10)13-6-3-4-7-16/h8,16H,2-7H2,1H3,(H,13,14,15). The van der Waals surface area contributed by atoms with Crippen LogP contribution in [0.2, 0.25) is 5.15 Å². The molecule has 0 radical (unpaired) electrons. The van der Waals surface area contributed by atoms with Crippen molar-refractivity contribution in [1.29, 1.82) is 0 Å². The van der Waals surface area contributed by atoms with E-state index in [0.717, 1.165) is 43.9 Å². The van der Waals surface area contributed by atoms with Crippen LogP contribution in [-0.2, 0) is 6.42 Å². The van der Waals surface area contributed by atoms with Crippen LogP contribution in [0.4, 0.5) is 5.82 Å². The van der Waals surface area contributed by atoms with E-state index in [1.54, 1.807) is 6.07 Å². The predicted octanol–water partition coefficient (Wildman–Crippen LogP) is 2.27. The highest BCUT2D eigenvalue weighted by Crippen LogP contribution is 2.12. The molecule has 0 atom stereocenters. The summed E-state index contributed by atoms with van der Waals surface area (Å²) in [5.41, 5.74) is 0. The van der Waals surface area contributed by atoms with Gasteiger partial charge < -0.3 is 10.4 Å². The fraction of sp³-hybridized carbons (Fsp3) is 0.636. The van der Waals surface area contributed by atoms with Crippen molar-refractivity contribution in [1.82, 2.24) is 9.97 Å². The first-order valence-electron chi connectivity index (χ1n) is 5.64. The van der Waals surface area contributed by atoms with Crippen LogP contribution in [0.1, 0.15) is 32.0 Å². The fourth-order valence-corrected chi connectivity index (χ4v) is 1.54. The highest BCUT2D eigenvalue weighted by atomic mass is 35.5. The molecule has 1 rings (SSSR count). The average molecular weight is 244 g/mol. The lowest BCUT2D eigenvalue weighted by Crippen LogP contribution is -2.06. The van der Waals surface area contributed by atoms with Crippen LogP contribution < -0.4 is 5.32 Å². The van der Waals surface area contributed by atoms with E-state index in [1.165, 1.54) is 0 Å². The molecule has 0 saturated carbocycles. The smallest absolute Gasteiger partial charge is 0.134 e. The Balaban J connectivity index is 2.51. The molecule has 1 aromatic rings. The molecule has 5 heteroatoms. The van der Waals surface area contributed by atoms with E-state index < -0.39 is 0 Å². The number of unbranched alkanes of at least 4 members (excludes halogenated alkanes) is 1. The number of rotatable bonds is 7. The number of aryl methyl sites for hydroxylation is 1. The van der Waals surface area contributed by atoms with Crippen LogP contribution in [0.25, 0.3) is 0 Å². The van der Waals surface area contributed by atoms with Gasteiger partial charge in [-0.05, 0) is 19.3 Å². The van der Waals surface area contributed by atoms with Crippen molar-refractivity contribution in [2.24, 2.45) is 0 Å². The minimum absolute atomic E-state index is 0.229. The van der Waals surface area contributed by atoms with Crippen molar-refractivity contribution in [3.63, 3.8) is 0 Å². The molecule has 2 N–H and O–H groups in total. The van der Waals surface area contributed by atoms with Gasteiger partial charge in [-0.3, -0.25) is 0 Å². The van der Waals surface area contributed by atoms with E-state index >= 15 is 0 Å². The summed E-state index contributed by atoms with van der Waals surface area (Å²) >= 11 is 5.89. The number of aromatic nitrogens is 2. The van der Waals surface area contributed by atoms with Gasteiger partial charge >= 0.3 is 0 Å². The summed E-state index contributed by atoms with van der Waals surface area (Å²) < 4.78 is 0. The Morgan fingerprint density at radius 3 is 2.88 bits per heavy atom. The Kier molecular flexibility index (Phi) is 6.11.